The number of halogens is 2. The van der Waals surface area contributed by atoms with Gasteiger partial charge in [0.2, 0.25) is 0 Å². The summed E-state index contributed by atoms with van der Waals surface area (Å²) in [6.45, 7) is 3.66. The van der Waals surface area contributed by atoms with Gasteiger partial charge in [-0.3, -0.25) is 0 Å². The van der Waals surface area contributed by atoms with Gasteiger partial charge in [0.05, 0.1) is 6.61 Å². The van der Waals surface area contributed by atoms with Crippen LogP contribution in [0, 0.1) is 0 Å². The van der Waals surface area contributed by atoms with Gasteiger partial charge in [0.25, 0.3) is 0 Å². The van der Waals surface area contributed by atoms with E-state index in [9.17, 15) is 0 Å². The first-order valence-corrected chi connectivity index (χ1v) is 6.09. The molecule has 0 aliphatic heterocycles. The van der Waals surface area contributed by atoms with Gasteiger partial charge in [-0.05, 0) is 30.7 Å². The molecule has 1 rings (SSSR count). The lowest BCUT2D eigenvalue weighted by Gasteiger charge is -2.17. The zero-order valence-electron chi connectivity index (χ0n) is 9.59. The van der Waals surface area contributed by atoms with Crippen molar-refractivity contribution >= 4 is 23.2 Å². The predicted octanol–water partition coefficient (Wildman–Crippen LogP) is 3.16. The molecule has 90 valence electrons. The monoisotopic (exact) mass is 261 g/mol. The van der Waals surface area contributed by atoms with E-state index in [1.165, 1.54) is 0 Å². The Kier molecular flexibility index (Phi) is 6.14. The van der Waals surface area contributed by atoms with E-state index >= 15 is 0 Å². The van der Waals surface area contributed by atoms with Gasteiger partial charge in [-0.15, -0.1) is 0 Å². The summed E-state index contributed by atoms with van der Waals surface area (Å²) in [7, 11) is 1.70. The fourth-order valence-corrected chi connectivity index (χ4v) is 2.12. The molecule has 1 N–H and O–H groups in total. The topological polar surface area (TPSA) is 21.3 Å². The Balaban J connectivity index is 2.68. The van der Waals surface area contributed by atoms with Crippen LogP contribution in [-0.4, -0.2) is 26.3 Å². The molecule has 0 aliphatic rings. The number of hydrogen-bond donors (Lipinski definition) is 1. The molecule has 0 aliphatic carbocycles. The SMILES string of the molecule is CCNC(COC)Cc1ccc(Cl)cc1Cl. The molecular formula is C12H17Cl2NO. The number of nitrogens with one attached hydrogen (secondary N) is 1. The molecule has 0 radical (unpaired) electrons. The van der Waals surface area contributed by atoms with Gasteiger partial charge < -0.3 is 10.1 Å². The van der Waals surface area contributed by atoms with Crippen molar-refractivity contribution in [3.63, 3.8) is 0 Å². The van der Waals surface area contributed by atoms with Gasteiger partial charge in [0.1, 0.15) is 0 Å². The summed E-state index contributed by atoms with van der Waals surface area (Å²) in [6.07, 6.45) is 0.845. The average molecular weight is 262 g/mol. The predicted molar refractivity (Wildman–Crippen MR) is 69.5 cm³/mol. The maximum absolute atomic E-state index is 6.12. The molecule has 1 aromatic carbocycles. The van der Waals surface area contributed by atoms with E-state index in [4.69, 9.17) is 27.9 Å². The summed E-state index contributed by atoms with van der Waals surface area (Å²) in [5.74, 6) is 0. The summed E-state index contributed by atoms with van der Waals surface area (Å²) in [5.41, 5.74) is 1.09. The normalized spacial score (nSPS) is 12.8. The van der Waals surface area contributed by atoms with Crippen molar-refractivity contribution in [1.29, 1.82) is 0 Å². The maximum atomic E-state index is 6.12. The molecule has 1 unspecified atom stereocenters. The lowest BCUT2D eigenvalue weighted by molar-refractivity contribution is 0.167. The minimum absolute atomic E-state index is 0.286. The molecule has 0 heterocycles. The minimum atomic E-state index is 0.286. The molecule has 0 saturated carbocycles. The van der Waals surface area contributed by atoms with E-state index in [0.29, 0.717) is 16.7 Å². The Labute approximate surface area is 107 Å². The fraction of sp³-hybridized carbons (Fsp3) is 0.500. The van der Waals surface area contributed by atoms with Gasteiger partial charge in [-0.25, -0.2) is 0 Å². The van der Waals surface area contributed by atoms with Gasteiger partial charge in [0.15, 0.2) is 0 Å². The highest BCUT2D eigenvalue weighted by molar-refractivity contribution is 6.35. The highest BCUT2D eigenvalue weighted by atomic mass is 35.5. The van der Waals surface area contributed by atoms with Crippen LogP contribution < -0.4 is 5.32 Å². The van der Waals surface area contributed by atoms with Crippen LogP contribution in [0.25, 0.3) is 0 Å². The second-order valence-corrected chi connectivity index (χ2v) is 4.49. The molecule has 16 heavy (non-hydrogen) atoms. The van der Waals surface area contributed by atoms with Gasteiger partial charge in [0, 0.05) is 23.2 Å². The lowest BCUT2D eigenvalue weighted by atomic mass is 10.1. The first-order valence-electron chi connectivity index (χ1n) is 5.33. The molecule has 0 bridgehead atoms. The third kappa shape index (κ3) is 4.30. The summed E-state index contributed by atoms with van der Waals surface area (Å²) < 4.78 is 5.16. The Bertz CT molecular complexity index is 325. The third-order valence-electron chi connectivity index (χ3n) is 2.34. The smallest absolute Gasteiger partial charge is 0.0619 e. The van der Waals surface area contributed by atoms with Crippen LogP contribution >= 0.6 is 23.2 Å². The Morgan fingerprint density at radius 3 is 2.69 bits per heavy atom. The van der Waals surface area contributed by atoms with Crippen LogP contribution in [0.1, 0.15) is 12.5 Å². The molecule has 0 amide bonds. The summed E-state index contributed by atoms with van der Waals surface area (Å²) in [5, 5.41) is 4.74. The third-order valence-corrected chi connectivity index (χ3v) is 2.93. The summed E-state index contributed by atoms with van der Waals surface area (Å²) in [6, 6.07) is 5.88. The van der Waals surface area contributed by atoms with Crippen LogP contribution in [0.3, 0.4) is 0 Å². The van der Waals surface area contributed by atoms with Crippen molar-refractivity contribution in [1.82, 2.24) is 5.32 Å². The molecule has 0 saturated heterocycles. The van der Waals surface area contributed by atoms with E-state index in [1.807, 2.05) is 12.1 Å². The van der Waals surface area contributed by atoms with Crippen LogP contribution in [-0.2, 0) is 11.2 Å². The van der Waals surface area contributed by atoms with Crippen molar-refractivity contribution in [3.05, 3.63) is 33.8 Å². The molecule has 4 heteroatoms. The average Bonchev–Trinajstić information content (AvgIpc) is 2.23. The second kappa shape index (κ2) is 7.13. The lowest BCUT2D eigenvalue weighted by Crippen LogP contribution is -2.35. The number of methoxy groups -OCH3 is 1. The van der Waals surface area contributed by atoms with Crippen LogP contribution in [0.5, 0.6) is 0 Å². The Hall–Kier alpha value is -0.280. The van der Waals surface area contributed by atoms with E-state index < -0.39 is 0 Å². The maximum Gasteiger partial charge on any atom is 0.0619 e. The van der Waals surface area contributed by atoms with Crippen molar-refractivity contribution in [2.45, 2.75) is 19.4 Å². The van der Waals surface area contributed by atoms with E-state index in [0.717, 1.165) is 18.5 Å². The van der Waals surface area contributed by atoms with E-state index in [1.54, 1.807) is 13.2 Å². The number of hydrogen-bond acceptors (Lipinski definition) is 2. The number of ether oxygens (including phenoxy) is 1. The van der Waals surface area contributed by atoms with Crippen molar-refractivity contribution in [2.75, 3.05) is 20.3 Å². The Morgan fingerprint density at radius 2 is 2.12 bits per heavy atom. The molecule has 0 spiro atoms. The van der Waals surface area contributed by atoms with Crippen LogP contribution in [0.15, 0.2) is 18.2 Å². The molecule has 0 fully saturated rings. The molecular weight excluding hydrogens is 245 g/mol. The quantitative estimate of drug-likeness (QED) is 0.850. The number of rotatable bonds is 6. The highest BCUT2D eigenvalue weighted by Crippen LogP contribution is 2.22. The molecule has 1 aromatic rings. The largest absolute Gasteiger partial charge is 0.383 e. The molecule has 1 atom stereocenters. The zero-order chi connectivity index (χ0) is 12.0. The zero-order valence-corrected chi connectivity index (χ0v) is 11.1. The first-order chi connectivity index (χ1) is 7.67. The van der Waals surface area contributed by atoms with Gasteiger partial charge >= 0.3 is 0 Å². The number of benzene rings is 1. The van der Waals surface area contributed by atoms with Crippen molar-refractivity contribution < 1.29 is 4.74 Å². The highest BCUT2D eigenvalue weighted by Gasteiger charge is 2.10. The van der Waals surface area contributed by atoms with Crippen LogP contribution in [0.2, 0.25) is 10.0 Å². The van der Waals surface area contributed by atoms with Crippen LogP contribution in [0.4, 0.5) is 0 Å². The number of likely N-dealkylation sites (N-methyl/N-ethyl adjacent to an activating group) is 1. The minimum Gasteiger partial charge on any atom is -0.383 e. The first kappa shape index (κ1) is 13.8. The van der Waals surface area contributed by atoms with E-state index in [2.05, 4.69) is 12.2 Å². The second-order valence-electron chi connectivity index (χ2n) is 3.65. The van der Waals surface area contributed by atoms with Crippen molar-refractivity contribution in [3.8, 4) is 0 Å². The fourth-order valence-electron chi connectivity index (χ4n) is 1.63. The summed E-state index contributed by atoms with van der Waals surface area (Å²) in [4.78, 5) is 0. The van der Waals surface area contributed by atoms with Gasteiger partial charge in [-0.2, -0.15) is 0 Å². The summed E-state index contributed by atoms with van der Waals surface area (Å²) >= 11 is 12.0. The van der Waals surface area contributed by atoms with E-state index in [-0.39, 0.29) is 6.04 Å². The van der Waals surface area contributed by atoms with Gasteiger partial charge in [-0.1, -0.05) is 36.2 Å². The van der Waals surface area contributed by atoms with Crippen molar-refractivity contribution in [2.24, 2.45) is 0 Å². The molecule has 0 aromatic heterocycles. The Morgan fingerprint density at radius 1 is 1.38 bits per heavy atom. The molecule has 2 nitrogen and oxygen atoms in total. The standard InChI is InChI=1S/C12H17Cl2NO/c1-3-15-11(8-16-2)6-9-4-5-10(13)7-12(9)14/h4-5,7,11,15H,3,6,8H2,1-2H3.